The van der Waals surface area contributed by atoms with Crippen molar-refractivity contribution in [2.24, 2.45) is 10.7 Å². The molecule has 0 radical (unpaired) electrons. The molecule has 0 spiro atoms. The number of carbonyl (C=O) groups excluding carboxylic acids is 2. The fourth-order valence-electron chi connectivity index (χ4n) is 2.20. The van der Waals surface area contributed by atoms with Crippen LogP contribution in [0.5, 0.6) is 0 Å². The van der Waals surface area contributed by atoms with Crippen LogP contribution in [0.1, 0.15) is 0 Å². The molecule has 0 bridgehead atoms. The van der Waals surface area contributed by atoms with Crippen LogP contribution in [0.2, 0.25) is 0 Å². The number of nitrogens with zero attached hydrogens (tertiary/aromatic N) is 2. The van der Waals surface area contributed by atoms with Crippen molar-refractivity contribution in [3.63, 3.8) is 0 Å². The third-order valence-electron chi connectivity index (χ3n) is 4.16. The van der Waals surface area contributed by atoms with Crippen molar-refractivity contribution in [3.8, 4) is 0 Å². The Labute approximate surface area is 148 Å². The van der Waals surface area contributed by atoms with Crippen molar-refractivity contribution in [1.29, 1.82) is 0 Å². The Morgan fingerprint density at radius 1 is 1.04 bits per heavy atom. The molecule has 0 saturated heterocycles. The first kappa shape index (κ1) is 22.0. The number of aliphatic hydroxyl groups excluding tert-OH is 6. The Kier molecular flexibility index (Phi) is 7.62. The predicted octanol–water partition coefficient (Wildman–Crippen LogP) is -5.38. The average molecular weight is 376 g/mol. The minimum Gasteiger partial charge on any atom is -0.394 e. The molecule has 0 saturated carbocycles. The molecule has 1 unspecified atom stereocenters. The van der Waals surface area contributed by atoms with Crippen LogP contribution >= 0.6 is 0 Å². The number of rotatable bonds is 10. The molecule has 1 heterocycles. The molecule has 0 aromatic rings. The van der Waals surface area contributed by atoms with Crippen LogP contribution in [-0.2, 0) is 9.59 Å². The second-order valence-electron chi connectivity index (χ2n) is 5.95. The van der Waals surface area contributed by atoms with E-state index < -0.39 is 68.6 Å². The van der Waals surface area contributed by atoms with Gasteiger partial charge in [-0.1, -0.05) is 0 Å². The van der Waals surface area contributed by atoms with Crippen LogP contribution in [-0.4, -0.2) is 110 Å². The van der Waals surface area contributed by atoms with Gasteiger partial charge in [-0.05, 0) is 0 Å². The summed E-state index contributed by atoms with van der Waals surface area (Å²) in [5, 5.41) is 58.7. The van der Waals surface area contributed by atoms with Gasteiger partial charge >= 0.3 is 0 Å². The largest absolute Gasteiger partial charge is 0.394 e. The molecule has 1 atom stereocenters. The van der Waals surface area contributed by atoms with Crippen molar-refractivity contribution in [1.82, 2.24) is 10.2 Å². The highest BCUT2D eigenvalue weighted by Crippen LogP contribution is 2.23. The van der Waals surface area contributed by atoms with Gasteiger partial charge in [0.15, 0.2) is 0 Å². The number of hydrogen-bond acceptors (Lipinski definition) is 10. The Hall–Kier alpha value is -2.09. The normalized spacial score (nSPS) is 17.8. The smallest absolute Gasteiger partial charge is 0.272 e. The zero-order valence-electron chi connectivity index (χ0n) is 13.9. The van der Waals surface area contributed by atoms with E-state index >= 15 is 0 Å². The number of amides is 2. The Morgan fingerprint density at radius 3 is 1.92 bits per heavy atom. The molecular formula is C14H24N4O8. The fraction of sp³-hybridized carbons (Fsp3) is 0.643. The Bertz CT molecular complexity index is 555. The van der Waals surface area contributed by atoms with Crippen molar-refractivity contribution in [2.75, 3.05) is 39.6 Å². The van der Waals surface area contributed by atoms with Crippen molar-refractivity contribution in [2.45, 2.75) is 17.1 Å². The minimum absolute atomic E-state index is 0.332. The summed E-state index contributed by atoms with van der Waals surface area (Å²) < 4.78 is 0. The highest BCUT2D eigenvalue weighted by atomic mass is 16.3. The number of primary amides is 1. The van der Waals surface area contributed by atoms with Crippen LogP contribution in [0.3, 0.4) is 0 Å². The molecule has 0 aromatic heterocycles. The molecule has 1 aliphatic heterocycles. The number of aliphatic imine (C=N–C) groups is 1. The summed E-state index contributed by atoms with van der Waals surface area (Å²) in [4.78, 5) is 28.8. The third kappa shape index (κ3) is 4.17. The molecular weight excluding hydrogens is 352 g/mol. The molecule has 9 N–H and O–H groups in total. The van der Waals surface area contributed by atoms with Crippen LogP contribution in [0.15, 0.2) is 16.9 Å². The molecule has 12 nitrogen and oxygen atoms in total. The predicted molar refractivity (Wildman–Crippen MR) is 87.5 cm³/mol. The SMILES string of the molecule is NC(=O)C1C=NC(C(=O)NC(CO)(CO)CO)=CN1C(CO)(CO)CO. The second kappa shape index (κ2) is 9.02. The fourth-order valence-corrected chi connectivity index (χ4v) is 2.20. The second-order valence-corrected chi connectivity index (χ2v) is 5.95. The summed E-state index contributed by atoms with van der Waals surface area (Å²) in [6, 6.07) is -1.25. The number of aliphatic hydroxyl groups is 6. The van der Waals surface area contributed by atoms with E-state index in [1.807, 2.05) is 0 Å². The van der Waals surface area contributed by atoms with Crippen LogP contribution in [0.4, 0.5) is 0 Å². The number of nitrogens with two attached hydrogens (primary N) is 1. The number of carbonyl (C=O) groups is 2. The highest BCUT2D eigenvalue weighted by molar-refractivity contribution is 6.02. The van der Waals surface area contributed by atoms with Gasteiger partial charge in [-0.3, -0.25) is 14.6 Å². The third-order valence-corrected chi connectivity index (χ3v) is 4.16. The molecule has 26 heavy (non-hydrogen) atoms. The van der Waals surface area contributed by atoms with Gasteiger partial charge in [-0.25, -0.2) is 0 Å². The topological polar surface area (TPSA) is 209 Å². The van der Waals surface area contributed by atoms with Gasteiger partial charge in [0.1, 0.15) is 22.8 Å². The lowest BCUT2D eigenvalue weighted by atomic mass is 9.97. The first-order valence-corrected chi connectivity index (χ1v) is 7.60. The Morgan fingerprint density at radius 2 is 1.54 bits per heavy atom. The van der Waals surface area contributed by atoms with Crippen molar-refractivity contribution < 1.29 is 40.2 Å². The van der Waals surface area contributed by atoms with E-state index in [1.54, 1.807) is 0 Å². The van der Waals surface area contributed by atoms with Gasteiger partial charge < -0.3 is 46.6 Å². The summed E-state index contributed by atoms with van der Waals surface area (Å²) in [5.74, 6) is -1.83. The molecule has 0 fully saturated rings. The zero-order chi connectivity index (χ0) is 20.0. The highest BCUT2D eigenvalue weighted by Gasteiger charge is 2.42. The van der Waals surface area contributed by atoms with Gasteiger partial charge in [-0.15, -0.1) is 0 Å². The first-order valence-electron chi connectivity index (χ1n) is 7.60. The standard InChI is InChI=1S/C14H24N4O8/c15-11(25)10-1-16-9(2-18(10)14(6-22,7-23)8-24)12(26)17-13(3-19,4-20)5-21/h1-2,10,19-24H,3-8H2,(H2,15,25)(H,17,26). The van der Waals surface area contributed by atoms with Gasteiger partial charge in [0.25, 0.3) is 5.91 Å². The van der Waals surface area contributed by atoms with Gasteiger partial charge in [0.05, 0.1) is 39.6 Å². The lowest BCUT2D eigenvalue weighted by Gasteiger charge is -2.43. The maximum absolute atomic E-state index is 12.3. The lowest BCUT2D eigenvalue weighted by Crippen LogP contribution is -2.63. The van der Waals surface area contributed by atoms with E-state index in [4.69, 9.17) is 5.73 Å². The first-order chi connectivity index (χ1) is 12.3. The van der Waals surface area contributed by atoms with E-state index in [-0.39, 0.29) is 5.70 Å². The summed E-state index contributed by atoms with van der Waals surface area (Å²) in [6.45, 7) is -4.58. The lowest BCUT2D eigenvalue weighted by molar-refractivity contribution is -0.125. The summed E-state index contributed by atoms with van der Waals surface area (Å²) in [5.41, 5.74) is 1.51. The van der Waals surface area contributed by atoms with E-state index in [1.165, 1.54) is 0 Å². The average Bonchev–Trinajstić information content (AvgIpc) is 2.67. The van der Waals surface area contributed by atoms with Crippen LogP contribution in [0.25, 0.3) is 0 Å². The van der Waals surface area contributed by atoms with Crippen molar-refractivity contribution >= 4 is 18.0 Å². The maximum atomic E-state index is 12.3. The molecule has 2 amide bonds. The molecule has 12 heteroatoms. The van der Waals surface area contributed by atoms with E-state index in [9.17, 15) is 40.2 Å². The number of hydrogen-bond donors (Lipinski definition) is 8. The summed E-state index contributed by atoms with van der Waals surface area (Å²) >= 11 is 0. The molecule has 1 aliphatic rings. The molecule has 148 valence electrons. The minimum atomic E-state index is -1.71. The van der Waals surface area contributed by atoms with Crippen LogP contribution < -0.4 is 11.1 Å². The zero-order valence-corrected chi connectivity index (χ0v) is 13.9. The molecule has 1 rings (SSSR count). The maximum Gasteiger partial charge on any atom is 0.272 e. The van der Waals surface area contributed by atoms with Crippen LogP contribution in [0, 0.1) is 0 Å². The molecule has 0 aliphatic carbocycles. The van der Waals surface area contributed by atoms with Gasteiger partial charge in [0.2, 0.25) is 5.91 Å². The van der Waals surface area contributed by atoms with Gasteiger partial charge in [0, 0.05) is 12.4 Å². The Balaban J connectivity index is 3.24. The summed E-state index contributed by atoms with van der Waals surface area (Å²) in [6.07, 6.45) is 2.00. The van der Waals surface area contributed by atoms with E-state index in [0.29, 0.717) is 0 Å². The quantitative estimate of drug-likeness (QED) is 0.183. The van der Waals surface area contributed by atoms with E-state index in [2.05, 4.69) is 10.3 Å². The monoisotopic (exact) mass is 376 g/mol. The van der Waals surface area contributed by atoms with Crippen molar-refractivity contribution in [3.05, 3.63) is 11.9 Å². The van der Waals surface area contributed by atoms with Gasteiger partial charge in [-0.2, -0.15) is 0 Å². The summed E-state index contributed by atoms with van der Waals surface area (Å²) in [7, 11) is 0. The number of nitrogens with one attached hydrogen (secondary N) is 1. The van der Waals surface area contributed by atoms with E-state index in [0.717, 1.165) is 17.3 Å². The molecule has 0 aromatic carbocycles.